The highest BCUT2D eigenvalue weighted by Crippen LogP contribution is 2.26. The highest BCUT2D eigenvalue weighted by molar-refractivity contribution is 14.1. The molecule has 5 heteroatoms. The summed E-state index contributed by atoms with van der Waals surface area (Å²) >= 11 is 8.17. The standard InChI is InChI=1S/C16H15ClINO2/c1-10(2)21-15-6-4-3-5-14(15)19-16(20)11-7-8-13(18)12(17)9-11/h3-10H,1-2H3,(H,19,20). The average molecular weight is 416 g/mol. The molecule has 2 aromatic rings. The van der Waals surface area contributed by atoms with Crippen molar-refractivity contribution < 1.29 is 9.53 Å². The van der Waals surface area contributed by atoms with Gasteiger partial charge in [0.2, 0.25) is 0 Å². The fraction of sp³-hybridized carbons (Fsp3) is 0.188. The molecule has 1 amide bonds. The molecule has 2 rings (SSSR count). The maximum Gasteiger partial charge on any atom is 0.255 e. The van der Waals surface area contributed by atoms with E-state index in [0.717, 1.165) is 3.57 Å². The van der Waals surface area contributed by atoms with Gasteiger partial charge in [0.25, 0.3) is 5.91 Å². The van der Waals surface area contributed by atoms with E-state index in [1.54, 1.807) is 12.1 Å². The number of ether oxygens (including phenoxy) is 1. The molecule has 21 heavy (non-hydrogen) atoms. The molecule has 0 heterocycles. The highest BCUT2D eigenvalue weighted by atomic mass is 127. The van der Waals surface area contributed by atoms with Gasteiger partial charge in [0, 0.05) is 9.13 Å². The summed E-state index contributed by atoms with van der Waals surface area (Å²) in [6, 6.07) is 12.6. The summed E-state index contributed by atoms with van der Waals surface area (Å²) in [6.07, 6.45) is 0.0378. The van der Waals surface area contributed by atoms with Gasteiger partial charge < -0.3 is 10.1 Å². The fourth-order valence-electron chi connectivity index (χ4n) is 1.76. The van der Waals surface area contributed by atoms with Gasteiger partial charge in [-0.05, 0) is 66.8 Å². The number of rotatable bonds is 4. The van der Waals surface area contributed by atoms with Gasteiger partial charge >= 0.3 is 0 Å². The normalized spacial score (nSPS) is 10.5. The smallest absolute Gasteiger partial charge is 0.255 e. The third-order valence-electron chi connectivity index (χ3n) is 2.68. The molecule has 0 bridgehead atoms. The lowest BCUT2D eigenvalue weighted by molar-refractivity contribution is 0.102. The topological polar surface area (TPSA) is 38.3 Å². The van der Waals surface area contributed by atoms with Crippen molar-refractivity contribution in [3.8, 4) is 5.75 Å². The lowest BCUT2D eigenvalue weighted by Crippen LogP contribution is -2.14. The van der Waals surface area contributed by atoms with Crippen LogP contribution in [0.5, 0.6) is 5.75 Å². The number of hydrogen-bond acceptors (Lipinski definition) is 2. The lowest BCUT2D eigenvalue weighted by Gasteiger charge is -2.14. The van der Waals surface area contributed by atoms with Crippen LogP contribution >= 0.6 is 34.2 Å². The Morgan fingerprint density at radius 3 is 2.62 bits per heavy atom. The summed E-state index contributed by atoms with van der Waals surface area (Å²) in [5, 5.41) is 3.42. The molecule has 1 N–H and O–H groups in total. The first-order chi connectivity index (χ1) is 9.97. The molecular formula is C16H15ClINO2. The largest absolute Gasteiger partial charge is 0.489 e. The summed E-state index contributed by atoms with van der Waals surface area (Å²) in [5.74, 6) is 0.436. The van der Waals surface area contributed by atoms with Gasteiger partial charge in [-0.2, -0.15) is 0 Å². The third-order valence-corrected chi connectivity index (χ3v) is 4.25. The van der Waals surface area contributed by atoms with Crippen molar-refractivity contribution in [2.45, 2.75) is 20.0 Å². The van der Waals surface area contributed by atoms with E-state index in [-0.39, 0.29) is 12.0 Å². The van der Waals surface area contributed by atoms with Gasteiger partial charge in [0.05, 0.1) is 16.8 Å². The van der Waals surface area contributed by atoms with E-state index >= 15 is 0 Å². The monoisotopic (exact) mass is 415 g/mol. The summed E-state index contributed by atoms with van der Waals surface area (Å²) in [7, 11) is 0. The minimum Gasteiger partial charge on any atom is -0.489 e. The summed E-state index contributed by atoms with van der Waals surface area (Å²) in [6.45, 7) is 3.88. The molecule has 0 fully saturated rings. The third kappa shape index (κ3) is 4.35. The number of para-hydroxylation sites is 2. The SMILES string of the molecule is CC(C)Oc1ccccc1NC(=O)c1ccc(I)c(Cl)c1. The number of anilines is 1. The molecule has 3 nitrogen and oxygen atoms in total. The molecule has 0 aliphatic carbocycles. The number of halogens is 2. The van der Waals surface area contributed by atoms with Gasteiger partial charge in [-0.1, -0.05) is 23.7 Å². The van der Waals surface area contributed by atoms with Crippen LogP contribution < -0.4 is 10.1 Å². The minimum atomic E-state index is -0.215. The lowest BCUT2D eigenvalue weighted by atomic mass is 10.2. The Kier molecular flexibility index (Phi) is 5.47. The highest BCUT2D eigenvalue weighted by Gasteiger charge is 2.11. The van der Waals surface area contributed by atoms with Crippen molar-refractivity contribution in [1.82, 2.24) is 0 Å². The van der Waals surface area contributed by atoms with E-state index in [4.69, 9.17) is 16.3 Å². The number of hydrogen-bond donors (Lipinski definition) is 1. The van der Waals surface area contributed by atoms with Crippen LogP contribution in [0.15, 0.2) is 42.5 Å². The molecule has 0 saturated carbocycles. The van der Waals surface area contributed by atoms with Crippen LogP contribution in [0.4, 0.5) is 5.69 Å². The van der Waals surface area contributed by atoms with E-state index in [1.807, 2.05) is 44.2 Å². The second-order valence-electron chi connectivity index (χ2n) is 4.75. The summed E-state index contributed by atoms with van der Waals surface area (Å²) in [4.78, 5) is 12.3. The van der Waals surface area contributed by atoms with Gasteiger partial charge in [-0.25, -0.2) is 0 Å². The van der Waals surface area contributed by atoms with Gasteiger partial charge in [0.15, 0.2) is 0 Å². The van der Waals surface area contributed by atoms with Crippen LogP contribution in [0.1, 0.15) is 24.2 Å². The molecule has 0 unspecified atom stereocenters. The van der Waals surface area contributed by atoms with Crippen molar-refractivity contribution in [2.75, 3.05) is 5.32 Å². The van der Waals surface area contributed by atoms with E-state index in [1.165, 1.54) is 0 Å². The number of nitrogens with one attached hydrogen (secondary N) is 1. The Bertz CT molecular complexity index is 658. The van der Waals surface area contributed by atoms with Crippen LogP contribution in [0, 0.1) is 3.57 Å². The molecule has 0 aliphatic rings. The Balaban J connectivity index is 2.21. The van der Waals surface area contributed by atoms with Crippen LogP contribution in [-0.2, 0) is 0 Å². The molecule has 0 atom stereocenters. The summed E-state index contributed by atoms with van der Waals surface area (Å²) < 4.78 is 6.59. The molecular weight excluding hydrogens is 401 g/mol. The zero-order chi connectivity index (χ0) is 15.4. The predicted molar refractivity (Wildman–Crippen MR) is 94.3 cm³/mol. The van der Waals surface area contributed by atoms with E-state index in [2.05, 4.69) is 27.9 Å². The second-order valence-corrected chi connectivity index (χ2v) is 6.32. The molecule has 2 aromatic carbocycles. The van der Waals surface area contributed by atoms with Crippen LogP contribution in [0.2, 0.25) is 5.02 Å². The predicted octanol–water partition coefficient (Wildman–Crippen LogP) is 4.98. The van der Waals surface area contributed by atoms with Crippen LogP contribution in [0.3, 0.4) is 0 Å². The Hall–Kier alpha value is -1.27. The first-order valence-electron chi connectivity index (χ1n) is 6.49. The first-order valence-corrected chi connectivity index (χ1v) is 7.95. The van der Waals surface area contributed by atoms with Gasteiger partial charge in [0.1, 0.15) is 5.75 Å². The van der Waals surface area contributed by atoms with Crippen molar-refractivity contribution in [2.24, 2.45) is 0 Å². The van der Waals surface area contributed by atoms with Gasteiger partial charge in [-0.3, -0.25) is 4.79 Å². The van der Waals surface area contributed by atoms with Crippen LogP contribution in [0.25, 0.3) is 0 Å². The minimum absolute atomic E-state index is 0.0378. The maximum absolute atomic E-state index is 12.3. The molecule has 0 aromatic heterocycles. The van der Waals surface area contributed by atoms with Crippen molar-refractivity contribution in [3.63, 3.8) is 0 Å². The van der Waals surface area contributed by atoms with Gasteiger partial charge in [-0.15, -0.1) is 0 Å². The number of benzene rings is 2. The number of carbonyl (C=O) groups excluding carboxylic acids is 1. The second kappa shape index (κ2) is 7.13. The fourth-order valence-corrected chi connectivity index (χ4v) is 2.27. The van der Waals surface area contributed by atoms with Crippen molar-refractivity contribution in [3.05, 3.63) is 56.6 Å². The first kappa shape index (κ1) is 16.1. The maximum atomic E-state index is 12.3. The molecule has 110 valence electrons. The summed E-state index contributed by atoms with van der Waals surface area (Å²) in [5.41, 5.74) is 1.16. The molecule has 0 spiro atoms. The van der Waals surface area contributed by atoms with Crippen molar-refractivity contribution >= 4 is 45.8 Å². The Labute approximate surface area is 142 Å². The van der Waals surface area contributed by atoms with E-state index in [9.17, 15) is 4.79 Å². The Morgan fingerprint density at radius 2 is 1.95 bits per heavy atom. The quantitative estimate of drug-likeness (QED) is 0.715. The number of carbonyl (C=O) groups is 1. The van der Waals surface area contributed by atoms with Crippen LogP contribution in [-0.4, -0.2) is 12.0 Å². The zero-order valence-corrected chi connectivity index (χ0v) is 14.6. The van der Waals surface area contributed by atoms with E-state index < -0.39 is 0 Å². The Morgan fingerprint density at radius 1 is 1.24 bits per heavy atom. The number of amides is 1. The average Bonchev–Trinajstić information content (AvgIpc) is 2.43. The zero-order valence-electron chi connectivity index (χ0n) is 11.7. The molecule has 0 radical (unpaired) electrons. The molecule has 0 aliphatic heterocycles. The molecule has 0 saturated heterocycles. The van der Waals surface area contributed by atoms with Crippen molar-refractivity contribution in [1.29, 1.82) is 0 Å². The van der Waals surface area contributed by atoms with E-state index in [0.29, 0.717) is 22.0 Å².